The van der Waals surface area contributed by atoms with Crippen LogP contribution in [-0.4, -0.2) is 5.78 Å². The molecule has 0 saturated carbocycles. The molecule has 0 amide bonds. The van der Waals surface area contributed by atoms with Gasteiger partial charge in [-0.1, -0.05) is 19.9 Å². The molecule has 0 saturated heterocycles. The molecule has 0 radical (unpaired) electrons. The SMILES string of the molecule is C=CCC(CC)C(=O)CC. The summed E-state index contributed by atoms with van der Waals surface area (Å²) in [5.74, 6) is 0.588. The number of carbonyl (C=O) groups excluding carboxylic acids is 1. The summed E-state index contributed by atoms with van der Waals surface area (Å²) >= 11 is 0. The maximum atomic E-state index is 11.1. The molecule has 1 nitrogen and oxygen atoms in total. The maximum absolute atomic E-state index is 11.1. The normalized spacial score (nSPS) is 12.6. The third-order valence-corrected chi connectivity index (χ3v) is 1.75. The first-order chi connectivity index (χ1) is 4.76. The molecule has 0 N–H and O–H groups in total. The number of hydrogen-bond acceptors (Lipinski definition) is 1. The van der Waals surface area contributed by atoms with E-state index in [1.807, 2.05) is 19.9 Å². The van der Waals surface area contributed by atoms with E-state index in [1.165, 1.54) is 0 Å². The zero-order valence-electron chi connectivity index (χ0n) is 6.89. The summed E-state index contributed by atoms with van der Waals surface area (Å²) in [4.78, 5) is 11.1. The summed E-state index contributed by atoms with van der Waals surface area (Å²) in [5.41, 5.74) is 0. The van der Waals surface area contributed by atoms with Gasteiger partial charge < -0.3 is 0 Å². The maximum Gasteiger partial charge on any atom is 0.135 e. The fourth-order valence-corrected chi connectivity index (χ4v) is 1.02. The van der Waals surface area contributed by atoms with E-state index in [9.17, 15) is 4.79 Å². The minimum atomic E-state index is 0.225. The molecule has 10 heavy (non-hydrogen) atoms. The third kappa shape index (κ3) is 2.81. The van der Waals surface area contributed by atoms with Gasteiger partial charge in [-0.05, 0) is 12.8 Å². The lowest BCUT2D eigenvalue weighted by atomic mass is 9.96. The largest absolute Gasteiger partial charge is 0.299 e. The van der Waals surface area contributed by atoms with Crippen LogP contribution in [0.1, 0.15) is 33.1 Å². The lowest BCUT2D eigenvalue weighted by Gasteiger charge is -2.08. The molecule has 0 aliphatic heterocycles. The van der Waals surface area contributed by atoms with Gasteiger partial charge in [-0.15, -0.1) is 6.58 Å². The Balaban J connectivity index is 3.79. The standard InChI is InChI=1S/C9H16O/c1-4-7-8(5-2)9(10)6-3/h4,8H,1,5-7H2,2-3H3. The van der Waals surface area contributed by atoms with Gasteiger partial charge >= 0.3 is 0 Å². The predicted molar refractivity (Wildman–Crippen MR) is 43.9 cm³/mol. The van der Waals surface area contributed by atoms with Crippen LogP contribution >= 0.6 is 0 Å². The van der Waals surface area contributed by atoms with Crippen molar-refractivity contribution in [2.24, 2.45) is 5.92 Å². The van der Waals surface area contributed by atoms with Crippen molar-refractivity contribution in [1.29, 1.82) is 0 Å². The van der Waals surface area contributed by atoms with Crippen molar-refractivity contribution in [3.63, 3.8) is 0 Å². The molecule has 1 unspecified atom stereocenters. The number of carbonyl (C=O) groups is 1. The number of hydrogen-bond donors (Lipinski definition) is 0. The van der Waals surface area contributed by atoms with Crippen molar-refractivity contribution in [3.05, 3.63) is 12.7 Å². The monoisotopic (exact) mass is 140 g/mol. The fourth-order valence-electron chi connectivity index (χ4n) is 1.02. The smallest absolute Gasteiger partial charge is 0.135 e. The van der Waals surface area contributed by atoms with Gasteiger partial charge in [0.1, 0.15) is 5.78 Å². The lowest BCUT2D eigenvalue weighted by molar-refractivity contribution is -0.122. The highest BCUT2D eigenvalue weighted by Crippen LogP contribution is 2.11. The lowest BCUT2D eigenvalue weighted by Crippen LogP contribution is -2.10. The molecule has 0 rings (SSSR count). The summed E-state index contributed by atoms with van der Waals surface area (Å²) in [6.45, 7) is 7.57. The second-order valence-electron chi connectivity index (χ2n) is 2.45. The minimum Gasteiger partial charge on any atom is -0.299 e. The van der Waals surface area contributed by atoms with Crippen molar-refractivity contribution in [2.75, 3.05) is 0 Å². The third-order valence-electron chi connectivity index (χ3n) is 1.75. The highest BCUT2D eigenvalue weighted by atomic mass is 16.1. The predicted octanol–water partition coefficient (Wildman–Crippen LogP) is 2.57. The van der Waals surface area contributed by atoms with Gasteiger partial charge in [-0.25, -0.2) is 0 Å². The van der Waals surface area contributed by atoms with Crippen molar-refractivity contribution in [3.8, 4) is 0 Å². The highest BCUT2D eigenvalue weighted by molar-refractivity contribution is 5.80. The van der Waals surface area contributed by atoms with Gasteiger partial charge in [-0.3, -0.25) is 4.79 Å². The van der Waals surface area contributed by atoms with Gasteiger partial charge in [0.2, 0.25) is 0 Å². The first-order valence-electron chi connectivity index (χ1n) is 3.89. The summed E-state index contributed by atoms with van der Waals surface area (Å²) in [7, 11) is 0. The van der Waals surface area contributed by atoms with E-state index in [0.717, 1.165) is 12.8 Å². The Hall–Kier alpha value is -0.590. The molecular formula is C9H16O. The van der Waals surface area contributed by atoms with Crippen molar-refractivity contribution >= 4 is 5.78 Å². The molecule has 0 spiro atoms. The van der Waals surface area contributed by atoms with Crippen LogP contribution in [0.15, 0.2) is 12.7 Å². The van der Waals surface area contributed by atoms with Gasteiger partial charge in [0.25, 0.3) is 0 Å². The Labute approximate surface area is 63.1 Å². The van der Waals surface area contributed by atoms with E-state index in [0.29, 0.717) is 12.2 Å². The number of Topliss-reactive ketones (excluding diaryl/α,β-unsaturated/α-hetero) is 1. The summed E-state index contributed by atoms with van der Waals surface area (Å²) < 4.78 is 0. The van der Waals surface area contributed by atoms with Crippen molar-refractivity contribution in [1.82, 2.24) is 0 Å². The summed E-state index contributed by atoms with van der Waals surface area (Å²) in [5, 5.41) is 0. The molecule has 0 fully saturated rings. The van der Waals surface area contributed by atoms with Crippen LogP contribution in [0.3, 0.4) is 0 Å². The minimum absolute atomic E-state index is 0.225. The Morgan fingerprint density at radius 1 is 1.60 bits per heavy atom. The molecule has 0 aromatic heterocycles. The van der Waals surface area contributed by atoms with E-state index in [1.54, 1.807) is 0 Å². The van der Waals surface area contributed by atoms with Crippen LogP contribution in [0.2, 0.25) is 0 Å². The summed E-state index contributed by atoms with van der Waals surface area (Å²) in [6.07, 6.45) is 4.26. The molecular weight excluding hydrogens is 124 g/mol. The molecule has 0 aliphatic carbocycles. The second kappa shape index (κ2) is 5.21. The van der Waals surface area contributed by atoms with Crippen molar-refractivity contribution < 1.29 is 4.79 Å². The average molecular weight is 140 g/mol. The van der Waals surface area contributed by atoms with Gasteiger partial charge in [0.05, 0.1) is 0 Å². The van der Waals surface area contributed by atoms with Crippen LogP contribution in [0.4, 0.5) is 0 Å². The Kier molecular flexibility index (Phi) is 4.91. The Bertz CT molecular complexity index is 116. The molecule has 0 heterocycles. The van der Waals surface area contributed by atoms with Gasteiger partial charge in [-0.2, -0.15) is 0 Å². The molecule has 58 valence electrons. The molecule has 0 aliphatic rings. The molecule has 0 bridgehead atoms. The van der Waals surface area contributed by atoms with E-state index in [4.69, 9.17) is 0 Å². The number of ketones is 1. The summed E-state index contributed by atoms with van der Waals surface area (Å²) in [6, 6.07) is 0. The van der Waals surface area contributed by atoms with E-state index in [2.05, 4.69) is 6.58 Å². The van der Waals surface area contributed by atoms with Crippen LogP contribution in [0, 0.1) is 5.92 Å². The van der Waals surface area contributed by atoms with Crippen LogP contribution in [0.25, 0.3) is 0 Å². The molecule has 1 atom stereocenters. The second-order valence-corrected chi connectivity index (χ2v) is 2.45. The van der Waals surface area contributed by atoms with E-state index < -0.39 is 0 Å². The topological polar surface area (TPSA) is 17.1 Å². The Morgan fingerprint density at radius 3 is 2.50 bits per heavy atom. The highest BCUT2D eigenvalue weighted by Gasteiger charge is 2.11. The van der Waals surface area contributed by atoms with E-state index >= 15 is 0 Å². The average Bonchev–Trinajstić information content (AvgIpc) is 1.99. The quantitative estimate of drug-likeness (QED) is 0.536. The fraction of sp³-hybridized carbons (Fsp3) is 0.667. The van der Waals surface area contributed by atoms with Crippen molar-refractivity contribution in [2.45, 2.75) is 33.1 Å². The van der Waals surface area contributed by atoms with E-state index in [-0.39, 0.29) is 5.92 Å². The first kappa shape index (κ1) is 9.41. The van der Waals surface area contributed by atoms with Gasteiger partial charge in [0.15, 0.2) is 0 Å². The molecule has 0 aromatic rings. The molecule has 0 aromatic carbocycles. The number of allylic oxidation sites excluding steroid dienone is 1. The zero-order valence-corrected chi connectivity index (χ0v) is 6.89. The first-order valence-corrected chi connectivity index (χ1v) is 3.89. The number of rotatable bonds is 5. The van der Waals surface area contributed by atoms with Crippen LogP contribution in [0.5, 0.6) is 0 Å². The van der Waals surface area contributed by atoms with Gasteiger partial charge in [0, 0.05) is 12.3 Å². The molecule has 1 heteroatoms. The van der Waals surface area contributed by atoms with Crippen LogP contribution in [-0.2, 0) is 4.79 Å². The Morgan fingerprint density at radius 2 is 2.20 bits per heavy atom. The van der Waals surface area contributed by atoms with Crippen LogP contribution < -0.4 is 0 Å². The zero-order chi connectivity index (χ0) is 7.98.